The van der Waals surface area contributed by atoms with Crippen LogP contribution < -0.4 is 5.32 Å². The van der Waals surface area contributed by atoms with Crippen molar-refractivity contribution in [2.45, 2.75) is 6.18 Å². The van der Waals surface area contributed by atoms with Gasteiger partial charge in [0, 0.05) is 0 Å². The van der Waals surface area contributed by atoms with Crippen molar-refractivity contribution >= 4 is 13.0 Å². The summed E-state index contributed by atoms with van der Waals surface area (Å²) in [6, 6.07) is 0. The third kappa shape index (κ3) is 4.62. The number of halogens is 3. The lowest BCUT2D eigenvalue weighted by Crippen LogP contribution is -2.42. The predicted molar refractivity (Wildman–Crippen MR) is 29.3 cm³/mol. The topological polar surface area (TPSA) is 69.6 Å². The molecule has 3 N–H and O–H groups in total. The van der Waals surface area contributed by atoms with Gasteiger partial charge in [0.1, 0.15) is 0 Å². The standard InChI is InChI=1S/C3H5BF3NO3/c5-3(6,7)2(9)8-1-4(10)11/h10-11H,1H2,(H,8,9). The van der Waals surface area contributed by atoms with Crippen LogP contribution in [0.3, 0.4) is 0 Å². The van der Waals surface area contributed by atoms with Gasteiger partial charge >= 0.3 is 19.2 Å². The first-order valence-electron chi connectivity index (χ1n) is 2.55. The molecule has 0 rings (SSSR count). The lowest BCUT2D eigenvalue weighted by molar-refractivity contribution is -0.173. The van der Waals surface area contributed by atoms with Crippen molar-refractivity contribution in [1.82, 2.24) is 5.32 Å². The Kier molecular flexibility index (Phi) is 3.34. The molecule has 0 aliphatic heterocycles. The molecule has 0 aromatic heterocycles. The summed E-state index contributed by atoms with van der Waals surface area (Å²) in [7, 11) is -1.97. The Morgan fingerprint density at radius 3 is 2.18 bits per heavy atom. The van der Waals surface area contributed by atoms with Gasteiger partial charge < -0.3 is 15.4 Å². The summed E-state index contributed by atoms with van der Waals surface area (Å²) in [5, 5.41) is 17.3. The summed E-state index contributed by atoms with van der Waals surface area (Å²) in [5.41, 5.74) is 0. The Morgan fingerprint density at radius 1 is 1.45 bits per heavy atom. The molecule has 11 heavy (non-hydrogen) atoms. The average Bonchev–Trinajstić information content (AvgIpc) is 1.80. The van der Waals surface area contributed by atoms with Gasteiger partial charge in [0.25, 0.3) is 0 Å². The third-order valence-electron chi connectivity index (χ3n) is 0.703. The fourth-order valence-electron chi connectivity index (χ4n) is 0.284. The van der Waals surface area contributed by atoms with Crippen molar-refractivity contribution in [3.63, 3.8) is 0 Å². The maximum Gasteiger partial charge on any atom is 0.472 e. The summed E-state index contributed by atoms with van der Waals surface area (Å²) >= 11 is 0. The molecule has 0 aromatic carbocycles. The highest BCUT2D eigenvalue weighted by atomic mass is 19.4. The molecular formula is C3H5BF3NO3. The summed E-state index contributed by atoms with van der Waals surface area (Å²) in [5.74, 6) is -2.19. The summed E-state index contributed by atoms with van der Waals surface area (Å²) in [6.45, 7) is 0. The fraction of sp³-hybridized carbons (Fsp3) is 0.667. The molecule has 64 valence electrons. The first-order valence-corrected chi connectivity index (χ1v) is 2.55. The van der Waals surface area contributed by atoms with Crippen LogP contribution in [0, 0.1) is 0 Å². The van der Waals surface area contributed by atoms with E-state index >= 15 is 0 Å². The molecule has 4 nitrogen and oxygen atoms in total. The Bertz CT molecular complexity index is 147. The van der Waals surface area contributed by atoms with E-state index in [4.69, 9.17) is 10.0 Å². The molecule has 0 saturated heterocycles. The van der Waals surface area contributed by atoms with Gasteiger partial charge in [0.05, 0.1) is 6.44 Å². The van der Waals surface area contributed by atoms with Gasteiger partial charge in [-0.2, -0.15) is 13.2 Å². The highest BCUT2D eigenvalue weighted by Crippen LogP contribution is 2.13. The molecule has 0 atom stereocenters. The second-order valence-corrected chi connectivity index (χ2v) is 1.69. The quantitative estimate of drug-likeness (QED) is 0.451. The van der Waals surface area contributed by atoms with E-state index in [2.05, 4.69) is 0 Å². The zero-order chi connectivity index (χ0) is 9.07. The number of hydrogen-bond acceptors (Lipinski definition) is 3. The summed E-state index contributed by atoms with van der Waals surface area (Å²) in [6.07, 6.45) is -5.81. The number of rotatable bonds is 2. The fourth-order valence-corrected chi connectivity index (χ4v) is 0.284. The Balaban J connectivity index is 3.71. The minimum absolute atomic E-state index is 0.835. The van der Waals surface area contributed by atoms with Gasteiger partial charge in [-0.15, -0.1) is 0 Å². The van der Waals surface area contributed by atoms with Crippen LogP contribution in [0.2, 0.25) is 0 Å². The Morgan fingerprint density at radius 2 is 1.91 bits per heavy atom. The van der Waals surface area contributed by atoms with Crippen LogP contribution in [0.1, 0.15) is 0 Å². The number of alkyl halides is 3. The lowest BCUT2D eigenvalue weighted by atomic mass is 9.92. The summed E-state index contributed by atoms with van der Waals surface area (Å²) in [4.78, 5) is 9.91. The van der Waals surface area contributed by atoms with Gasteiger partial charge in [0.15, 0.2) is 0 Å². The Labute approximate surface area is 60.2 Å². The minimum Gasteiger partial charge on any atom is -0.426 e. The molecular weight excluding hydrogens is 166 g/mol. The van der Waals surface area contributed by atoms with E-state index in [1.807, 2.05) is 0 Å². The van der Waals surface area contributed by atoms with Crippen molar-refractivity contribution in [2.24, 2.45) is 0 Å². The molecule has 0 aromatic rings. The number of nitrogens with one attached hydrogen (secondary N) is 1. The highest BCUT2D eigenvalue weighted by Gasteiger charge is 2.38. The molecule has 0 aliphatic carbocycles. The molecule has 0 heterocycles. The van der Waals surface area contributed by atoms with Crippen molar-refractivity contribution in [3.8, 4) is 0 Å². The van der Waals surface area contributed by atoms with Crippen LogP contribution in [0.5, 0.6) is 0 Å². The monoisotopic (exact) mass is 171 g/mol. The molecule has 8 heteroatoms. The van der Waals surface area contributed by atoms with Gasteiger partial charge in [-0.1, -0.05) is 0 Å². The molecule has 1 amide bonds. The number of amides is 1. The molecule has 0 fully saturated rings. The lowest BCUT2D eigenvalue weighted by Gasteiger charge is -2.05. The van der Waals surface area contributed by atoms with Gasteiger partial charge in [-0.05, 0) is 0 Å². The summed E-state index contributed by atoms with van der Waals surface area (Å²) < 4.78 is 34.0. The van der Waals surface area contributed by atoms with Crippen LogP contribution in [0.4, 0.5) is 13.2 Å². The molecule has 0 aliphatic rings. The van der Waals surface area contributed by atoms with Crippen molar-refractivity contribution in [3.05, 3.63) is 0 Å². The zero-order valence-electron chi connectivity index (χ0n) is 5.22. The number of hydrogen-bond donors (Lipinski definition) is 3. The van der Waals surface area contributed by atoms with Crippen LogP contribution in [0.25, 0.3) is 0 Å². The van der Waals surface area contributed by atoms with Crippen LogP contribution in [-0.2, 0) is 4.79 Å². The Hall–Kier alpha value is -0.755. The van der Waals surface area contributed by atoms with E-state index in [0.717, 1.165) is 0 Å². The van der Waals surface area contributed by atoms with Crippen LogP contribution in [0.15, 0.2) is 0 Å². The van der Waals surface area contributed by atoms with E-state index in [1.165, 1.54) is 5.32 Å². The molecule has 0 saturated carbocycles. The molecule has 0 spiro atoms. The van der Waals surface area contributed by atoms with E-state index in [1.54, 1.807) is 0 Å². The smallest absolute Gasteiger partial charge is 0.426 e. The maximum absolute atomic E-state index is 11.3. The second kappa shape index (κ2) is 3.58. The van der Waals surface area contributed by atoms with Crippen molar-refractivity contribution < 1.29 is 28.0 Å². The first-order chi connectivity index (χ1) is 4.84. The molecule has 0 bridgehead atoms. The van der Waals surface area contributed by atoms with Gasteiger partial charge in [-0.3, -0.25) is 4.79 Å². The van der Waals surface area contributed by atoms with E-state index in [9.17, 15) is 18.0 Å². The normalized spacial score (nSPS) is 11.0. The SMILES string of the molecule is O=C(NCB(O)O)C(F)(F)F. The van der Waals surface area contributed by atoms with Crippen LogP contribution >= 0.6 is 0 Å². The number of carbonyl (C=O) groups is 1. The van der Waals surface area contributed by atoms with Crippen LogP contribution in [-0.4, -0.2) is 35.7 Å². The average molecular weight is 171 g/mol. The van der Waals surface area contributed by atoms with Crippen molar-refractivity contribution in [2.75, 3.05) is 6.44 Å². The third-order valence-corrected chi connectivity index (χ3v) is 0.703. The maximum atomic E-state index is 11.3. The van der Waals surface area contributed by atoms with Gasteiger partial charge in [0.2, 0.25) is 0 Å². The molecule has 0 radical (unpaired) electrons. The number of carbonyl (C=O) groups excluding carboxylic acids is 1. The van der Waals surface area contributed by atoms with E-state index in [0.29, 0.717) is 0 Å². The van der Waals surface area contributed by atoms with E-state index in [-0.39, 0.29) is 0 Å². The first kappa shape index (κ1) is 10.2. The van der Waals surface area contributed by atoms with Gasteiger partial charge in [-0.25, -0.2) is 0 Å². The largest absolute Gasteiger partial charge is 0.472 e. The second-order valence-electron chi connectivity index (χ2n) is 1.69. The zero-order valence-corrected chi connectivity index (χ0v) is 5.22. The molecule has 0 unspecified atom stereocenters. The highest BCUT2D eigenvalue weighted by molar-refractivity contribution is 6.41. The van der Waals surface area contributed by atoms with Crippen molar-refractivity contribution in [1.29, 1.82) is 0 Å². The minimum atomic E-state index is -4.98. The van der Waals surface area contributed by atoms with E-state index < -0.39 is 25.6 Å². The predicted octanol–water partition coefficient (Wildman–Crippen LogP) is -1.32.